The van der Waals surface area contributed by atoms with Crippen molar-refractivity contribution in [3.63, 3.8) is 0 Å². The summed E-state index contributed by atoms with van der Waals surface area (Å²) in [6, 6.07) is 2.60. The number of carbonyl (C=O) groups is 1. The van der Waals surface area contributed by atoms with Crippen molar-refractivity contribution in [2.75, 3.05) is 17.2 Å². The molecule has 0 fully saturated rings. The van der Waals surface area contributed by atoms with Crippen LogP contribution in [0.15, 0.2) is 30.5 Å². The number of rotatable bonds is 3. The van der Waals surface area contributed by atoms with Crippen molar-refractivity contribution in [1.82, 2.24) is 9.78 Å². The van der Waals surface area contributed by atoms with Crippen LogP contribution in [-0.4, -0.2) is 28.7 Å². The predicted molar refractivity (Wildman–Crippen MR) is 75.3 cm³/mol. The quantitative estimate of drug-likeness (QED) is 0.853. The lowest BCUT2D eigenvalue weighted by Crippen LogP contribution is -2.21. The van der Waals surface area contributed by atoms with Crippen LogP contribution in [0.1, 0.15) is 10.4 Å². The number of hydrogen-bond acceptors (Lipinski definition) is 3. The third-order valence-electron chi connectivity index (χ3n) is 3.24. The van der Waals surface area contributed by atoms with Crippen LogP contribution in [-0.2, 0) is 0 Å². The minimum Gasteiger partial charge on any atom is -0.366 e. The largest absolute Gasteiger partial charge is 0.366 e. The van der Waals surface area contributed by atoms with Crippen molar-refractivity contribution in [3.05, 3.63) is 47.7 Å². The van der Waals surface area contributed by atoms with Gasteiger partial charge in [-0.2, -0.15) is 5.10 Å². The second kappa shape index (κ2) is 5.75. The normalized spacial score (nSPS) is 13.3. The second-order valence-electron chi connectivity index (χ2n) is 4.71. The van der Waals surface area contributed by atoms with Gasteiger partial charge in [0.1, 0.15) is 28.7 Å². The Morgan fingerprint density at radius 3 is 2.87 bits per heavy atom. The molecule has 9 heteroatoms. The van der Waals surface area contributed by atoms with Crippen LogP contribution in [0.25, 0.3) is 5.70 Å². The Morgan fingerprint density at radius 1 is 1.35 bits per heavy atom. The number of alkyl halides is 2. The molecule has 0 atom stereocenters. The number of hydrogen-bond donors (Lipinski definition) is 2. The van der Waals surface area contributed by atoms with E-state index in [1.54, 1.807) is 0 Å². The number of carbonyl (C=O) groups excluding carboxylic acids is 1. The third-order valence-corrected chi connectivity index (χ3v) is 3.24. The van der Waals surface area contributed by atoms with E-state index >= 15 is 0 Å². The lowest BCUT2D eigenvalue weighted by atomic mass is 10.2. The highest BCUT2D eigenvalue weighted by atomic mass is 19.3. The fourth-order valence-corrected chi connectivity index (χ4v) is 2.18. The van der Waals surface area contributed by atoms with E-state index < -0.39 is 24.0 Å². The summed E-state index contributed by atoms with van der Waals surface area (Å²) >= 11 is 0. The zero-order valence-electron chi connectivity index (χ0n) is 11.5. The van der Waals surface area contributed by atoms with Gasteiger partial charge in [-0.05, 0) is 18.2 Å². The summed E-state index contributed by atoms with van der Waals surface area (Å²) in [6.07, 6.45) is -0.429. The van der Waals surface area contributed by atoms with Crippen molar-refractivity contribution in [1.29, 1.82) is 0 Å². The topological polar surface area (TPSA) is 59.0 Å². The zero-order valence-corrected chi connectivity index (χ0v) is 11.5. The standard InChI is InChI=1S/C14H10F4N4O/c15-7-1-2-9(16)10(5-7)21-14(23)8-6-20-22-11(12(17)18)3-4-19-13(8)22/h1-3,5-6,12,19H,4H2,(H,21,23). The maximum atomic E-state index is 13.6. The number of allylic oxidation sites excluding steroid dienone is 1. The van der Waals surface area contributed by atoms with Gasteiger partial charge in [0.15, 0.2) is 0 Å². The average molecular weight is 326 g/mol. The number of fused-ring (bicyclic) bond motifs is 1. The van der Waals surface area contributed by atoms with E-state index in [1.165, 1.54) is 6.08 Å². The molecular formula is C14H10F4N4O. The van der Waals surface area contributed by atoms with Crippen LogP contribution in [0.2, 0.25) is 0 Å². The summed E-state index contributed by atoms with van der Waals surface area (Å²) < 4.78 is 53.4. The Kier molecular flexibility index (Phi) is 3.77. The van der Waals surface area contributed by atoms with Gasteiger partial charge < -0.3 is 10.6 Å². The van der Waals surface area contributed by atoms with Crippen LogP contribution < -0.4 is 10.6 Å². The van der Waals surface area contributed by atoms with Gasteiger partial charge in [-0.1, -0.05) is 0 Å². The summed E-state index contributed by atoms with van der Waals surface area (Å²) in [5.41, 5.74) is -0.759. The summed E-state index contributed by atoms with van der Waals surface area (Å²) in [5.74, 6) is -2.27. The van der Waals surface area contributed by atoms with Gasteiger partial charge in [-0.3, -0.25) is 4.79 Å². The monoisotopic (exact) mass is 326 g/mol. The smallest absolute Gasteiger partial charge is 0.280 e. The van der Waals surface area contributed by atoms with Gasteiger partial charge in [-0.15, -0.1) is 0 Å². The number of aromatic nitrogens is 2. The first-order valence-electron chi connectivity index (χ1n) is 6.54. The second-order valence-corrected chi connectivity index (χ2v) is 4.71. The van der Waals surface area contributed by atoms with E-state index in [1.807, 2.05) is 0 Å². The molecule has 5 nitrogen and oxygen atoms in total. The molecule has 0 radical (unpaired) electrons. The predicted octanol–water partition coefficient (Wildman–Crippen LogP) is 2.95. The van der Waals surface area contributed by atoms with Crippen molar-refractivity contribution < 1.29 is 22.4 Å². The number of benzene rings is 1. The number of amides is 1. The Hall–Kier alpha value is -2.84. The molecular weight excluding hydrogens is 316 g/mol. The number of nitrogens with zero attached hydrogens (tertiary/aromatic N) is 2. The van der Waals surface area contributed by atoms with E-state index in [4.69, 9.17) is 0 Å². The van der Waals surface area contributed by atoms with Crippen molar-refractivity contribution in [3.8, 4) is 0 Å². The molecule has 0 unspecified atom stereocenters. The van der Waals surface area contributed by atoms with Crippen molar-refractivity contribution in [2.24, 2.45) is 0 Å². The van der Waals surface area contributed by atoms with Crippen molar-refractivity contribution >= 4 is 23.1 Å². The molecule has 2 aromatic rings. The SMILES string of the molecule is O=C(Nc1cc(F)ccc1F)c1cnn2c1NCC=C2C(F)F. The van der Waals surface area contributed by atoms with E-state index in [0.29, 0.717) is 0 Å². The van der Waals surface area contributed by atoms with Gasteiger partial charge in [0.25, 0.3) is 12.3 Å². The molecule has 0 spiro atoms. The molecule has 1 aliphatic heterocycles. The van der Waals surface area contributed by atoms with Gasteiger partial charge >= 0.3 is 0 Å². The molecule has 0 aliphatic carbocycles. The minimum atomic E-state index is -2.76. The first-order chi connectivity index (χ1) is 11.0. The van der Waals surface area contributed by atoms with E-state index in [0.717, 1.165) is 29.1 Å². The lowest BCUT2D eigenvalue weighted by molar-refractivity contribution is 0.102. The highest BCUT2D eigenvalue weighted by Crippen LogP contribution is 2.27. The zero-order chi connectivity index (χ0) is 16.6. The number of halogens is 4. The summed E-state index contributed by atoms with van der Waals surface area (Å²) in [5, 5.41) is 8.68. The molecule has 3 rings (SSSR count). The number of nitrogens with one attached hydrogen (secondary N) is 2. The van der Waals surface area contributed by atoms with Crippen LogP contribution in [0.5, 0.6) is 0 Å². The Morgan fingerprint density at radius 2 is 2.13 bits per heavy atom. The van der Waals surface area contributed by atoms with Crippen LogP contribution in [0, 0.1) is 11.6 Å². The highest BCUT2D eigenvalue weighted by Gasteiger charge is 2.26. The lowest BCUT2D eigenvalue weighted by Gasteiger charge is -2.18. The fourth-order valence-electron chi connectivity index (χ4n) is 2.18. The highest BCUT2D eigenvalue weighted by molar-refractivity contribution is 6.08. The Bertz CT molecular complexity index is 800. The summed E-state index contributed by atoms with van der Waals surface area (Å²) in [6.45, 7) is 0.0972. The molecule has 0 saturated carbocycles. The maximum Gasteiger partial charge on any atom is 0.280 e. The van der Waals surface area contributed by atoms with Gasteiger partial charge in [0.2, 0.25) is 0 Å². The molecule has 2 heterocycles. The van der Waals surface area contributed by atoms with E-state index in [9.17, 15) is 22.4 Å². The third kappa shape index (κ3) is 2.77. The molecule has 0 bridgehead atoms. The summed E-state index contributed by atoms with van der Waals surface area (Å²) in [4.78, 5) is 12.2. The molecule has 120 valence electrons. The van der Waals surface area contributed by atoms with Crippen LogP contribution >= 0.6 is 0 Å². The fraction of sp³-hybridized carbons (Fsp3) is 0.143. The summed E-state index contributed by atoms with van der Waals surface area (Å²) in [7, 11) is 0. The Balaban J connectivity index is 1.90. The Labute approximate surface area is 127 Å². The van der Waals surface area contributed by atoms with Gasteiger partial charge in [0, 0.05) is 12.6 Å². The van der Waals surface area contributed by atoms with Crippen LogP contribution in [0.3, 0.4) is 0 Å². The molecule has 1 aliphatic rings. The molecule has 0 saturated heterocycles. The van der Waals surface area contributed by atoms with E-state index in [2.05, 4.69) is 15.7 Å². The molecule has 1 aromatic carbocycles. The molecule has 1 aromatic heterocycles. The minimum absolute atomic E-state index is 0.0556. The molecule has 1 amide bonds. The maximum absolute atomic E-state index is 13.6. The first-order valence-corrected chi connectivity index (χ1v) is 6.54. The molecule has 23 heavy (non-hydrogen) atoms. The van der Waals surface area contributed by atoms with Gasteiger partial charge in [-0.25, -0.2) is 22.2 Å². The number of anilines is 2. The molecule has 2 N–H and O–H groups in total. The van der Waals surface area contributed by atoms with E-state index in [-0.39, 0.29) is 29.3 Å². The van der Waals surface area contributed by atoms with Crippen molar-refractivity contribution in [2.45, 2.75) is 6.43 Å². The average Bonchev–Trinajstić information content (AvgIpc) is 2.94. The van der Waals surface area contributed by atoms with Crippen LogP contribution in [0.4, 0.5) is 29.1 Å². The van der Waals surface area contributed by atoms with Gasteiger partial charge in [0.05, 0.1) is 11.9 Å². The first kappa shape index (κ1) is 15.1.